The van der Waals surface area contributed by atoms with Gasteiger partial charge in [0.15, 0.2) is 0 Å². The van der Waals surface area contributed by atoms with E-state index in [2.05, 4.69) is 4.98 Å². The fraction of sp³-hybridized carbons (Fsp3) is 0.357. The van der Waals surface area contributed by atoms with Crippen LogP contribution in [0.2, 0.25) is 0 Å². The Balaban J connectivity index is 2.07. The average Bonchev–Trinajstić information content (AvgIpc) is 2.47. The largest absolute Gasteiger partial charge is 0.394 e. The molecule has 2 aromatic rings. The van der Waals surface area contributed by atoms with Gasteiger partial charge in [0.1, 0.15) is 5.82 Å². The molecule has 0 amide bonds. The Morgan fingerprint density at radius 1 is 1.42 bits per heavy atom. The van der Waals surface area contributed by atoms with Crippen molar-refractivity contribution < 1.29 is 9.84 Å². The molecule has 5 nitrogen and oxygen atoms in total. The molecule has 1 aliphatic rings. The number of aliphatic hydroxyl groups is 1. The van der Waals surface area contributed by atoms with Gasteiger partial charge in [0.05, 0.1) is 25.9 Å². The summed E-state index contributed by atoms with van der Waals surface area (Å²) in [7, 11) is 0. The molecule has 1 fully saturated rings. The van der Waals surface area contributed by atoms with Crippen LogP contribution in [0, 0.1) is 0 Å². The van der Waals surface area contributed by atoms with Crippen molar-refractivity contribution in [2.24, 2.45) is 0 Å². The van der Waals surface area contributed by atoms with Gasteiger partial charge < -0.3 is 19.7 Å². The van der Waals surface area contributed by atoms with Crippen LogP contribution in [0.15, 0.2) is 35.1 Å². The van der Waals surface area contributed by atoms with Crippen molar-refractivity contribution in [2.75, 3.05) is 31.3 Å². The minimum atomic E-state index is -0.106. The van der Waals surface area contributed by atoms with Gasteiger partial charge in [-0.2, -0.15) is 0 Å². The second-order valence-electron chi connectivity index (χ2n) is 4.68. The molecular formula is C14H16N2O3. The first-order chi connectivity index (χ1) is 9.29. The molecule has 1 aromatic carbocycles. The quantitative estimate of drug-likeness (QED) is 0.835. The second-order valence-corrected chi connectivity index (χ2v) is 4.68. The van der Waals surface area contributed by atoms with E-state index in [1.54, 1.807) is 6.07 Å². The van der Waals surface area contributed by atoms with Crippen LogP contribution < -0.4 is 10.5 Å². The maximum Gasteiger partial charge on any atom is 0.257 e. The van der Waals surface area contributed by atoms with E-state index in [1.807, 2.05) is 29.2 Å². The lowest BCUT2D eigenvalue weighted by atomic mass is 10.1. The maximum atomic E-state index is 12.1. The predicted molar refractivity (Wildman–Crippen MR) is 73.6 cm³/mol. The van der Waals surface area contributed by atoms with Gasteiger partial charge in [0.2, 0.25) is 0 Å². The first kappa shape index (κ1) is 12.2. The van der Waals surface area contributed by atoms with E-state index in [4.69, 9.17) is 4.74 Å². The summed E-state index contributed by atoms with van der Waals surface area (Å²) in [5.41, 5.74) is -0.101. The van der Waals surface area contributed by atoms with Gasteiger partial charge in [-0.15, -0.1) is 0 Å². The van der Waals surface area contributed by atoms with Crippen molar-refractivity contribution in [3.63, 3.8) is 0 Å². The Morgan fingerprint density at radius 3 is 3.11 bits per heavy atom. The predicted octanol–water partition coefficient (Wildman–Crippen LogP) is 0.726. The zero-order chi connectivity index (χ0) is 13.2. The van der Waals surface area contributed by atoms with E-state index in [1.165, 1.54) is 0 Å². The van der Waals surface area contributed by atoms with Gasteiger partial charge >= 0.3 is 0 Å². The van der Waals surface area contributed by atoms with Gasteiger partial charge in [-0.25, -0.2) is 0 Å². The number of aliphatic hydroxyl groups excluding tert-OH is 1. The van der Waals surface area contributed by atoms with E-state index in [9.17, 15) is 9.90 Å². The summed E-state index contributed by atoms with van der Waals surface area (Å²) in [4.78, 5) is 16.9. The first-order valence-corrected chi connectivity index (χ1v) is 6.37. The number of aromatic amines is 1. The zero-order valence-electron chi connectivity index (χ0n) is 10.5. The Bertz CT molecular complexity index is 638. The van der Waals surface area contributed by atoms with Gasteiger partial charge in [0, 0.05) is 11.9 Å². The fourth-order valence-electron chi connectivity index (χ4n) is 2.47. The van der Waals surface area contributed by atoms with Crippen LogP contribution >= 0.6 is 0 Å². The molecule has 1 unspecified atom stereocenters. The minimum absolute atomic E-state index is 0.00879. The number of anilines is 1. The van der Waals surface area contributed by atoms with Crippen LogP contribution in [-0.4, -0.2) is 42.5 Å². The number of H-pyrrole nitrogens is 1. The lowest BCUT2D eigenvalue weighted by Crippen LogP contribution is -2.48. The molecule has 1 saturated heterocycles. The highest BCUT2D eigenvalue weighted by molar-refractivity contribution is 5.83. The second kappa shape index (κ2) is 5.03. The van der Waals surface area contributed by atoms with Gasteiger partial charge in [0.25, 0.3) is 5.56 Å². The summed E-state index contributed by atoms with van der Waals surface area (Å²) in [6, 6.07) is 9.33. The lowest BCUT2D eigenvalue weighted by molar-refractivity contribution is 0.0723. The number of hydrogen-bond donors (Lipinski definition) is 2. The third kappa shape index (κ3) is 2.22. The number of pyridine rings is 1. The summed E-state index contributed by atoms with van der Waals surface area (Å²) in [6.07, 6.45) is 0. The third-order valence-electron chi connectivity index (χ3n) is 3.49. The Morgan fingerprint density at radius 2 is 2.26 bits per heavy atom. The minimum Gasteiger partial charge on any atom is -0.394 e. The lowest BCUT2D eigenvalue weighted by Gasteiger charge is -2.35. The van der Waals surface area contributed by atoms with Crippen LogP contribution in [0.4, 0.5) is 5.82 Å². The number of hydrogen-bond acceptors (Lipinski definition) is 4. The molecule has 0 spiro atoms. The molecule has 5 heteroatoms. The van der Waals surface area contributed by atoms with Crippen LogP contribution in [-0.2, 0) is 4.74 Å². The van der Waals surface area contributed by atoms with Crippen molar-refractivity contribution >= 4 is 16.6 Å². The average molecular weight is 260 g/mol. The summed E-state index contributed by atoms with van der Waals surface area (Å²) in [5.74, 6) is 0.742. The van der Waals surface area contributed by atoms with Crippen LogP contribution in [0.5, 0.6) is 0 Å². The van der Waals surface area contributed by atoms with E-state index in [0.29, 0.717) is 25.1 Å². The summed E-state index contributed by atoms with van der Waals surface area (Å²) in [6.45, 7) is 1.76. The smallest absolute Gasteiger partial charge is 0.257 e. The summed E-state index contributed by atoms with van der Waals surface area (Å²) < 4.78 is 5.35. The normalized spacial score (nSPS) is 19.8. The van der Waals surface area contributed by atoms with Crippen molar-refractivity contribution in [3.05, 3.63) is 40.7 Å². The SMILES string of the molecule is O=c1[nH]c(N2CCOCC2CO)cc2ccccc12. The Hall–Kier alpha value is -1.85. The number of ether oxygens (including phenoxy) is 1. The van der Waals surface area contributed by atoms with Gasteiger partial charge in [-0.05, 0) is 17.5 Å². The molecule has 0 saturated carbocycles. The van der Waals surface area contributed by atoms with Crippen molar-refractivity contribution in [3.8, 4) is 0 Å². The fourth-order valence-corrected chi connectivity index (χ4v) is 2.47. The number of morpholine rings is 1. The van der Waals surface area contributed by atoms with Crippen molar-refractivity contribution in [1.82, 2.24) is 4.98 Å². The van der Waals surface area contributed by atoms with Gasteiger partial charge in [-0.1, -0.05) is 18.2 Å². The molecule has 2 N–H and O–H groups in total. The van der Waals surface area contributed by atoms with E-state index in [0.717, 1.165) is 11.2 Å². The summed E-state index contributed by atoms with van der Waals surface area (Å²) in [5, 5.41) is 11.0. The zero-order valence-corrected chi connectivity index (χ0v) is 10.5. The van der Waals surface area contributed by atoms with Crippen LogP contribution in [0.1, 0.15) is 0 Å². The van der Waals surface area contributed by atoms with E-state index in [-0.39, 0.29) is 18.2 Å². The monoisotopic (exact) mass is 260 g/mol. The number of fused-ring (bicyclic) bond motifs is 1. The molecule has 0 bridgehead atoms. The maximum absolute atomic E-state index is 12.1. The molecule has 1 aromatic heterocycles. The standard InChI is InChI=1S/C14H16N2O3/c17-8-11-9-19-6-5-16(11)13-7-10-3-1-2-4-12(10)14(18)15-13/h1-4,7,11,17H,5-6,8-9H2,(H,15,18). The first-order valence-electron chi connectivity index (χ1n) is 6.37. The Labute approximate surface area is 110 Å². The molecule has 0 aliphatic carbocycles. The van der Waals surface area contributed by atoms with Gasteiger partial charge in [-0.3, -0.25) is 4.79 Å². The molecule has 100 valence electrons. The Kier molecular flexibility index (Phi) is 3.23. The van der Waals surface area contributed by atoms with Crippen LogP contribution in [0.25, 0.3) is 10.8 Å². The molecule has 1 aliphatic heterocycles. The number of benzene rings is 1. The van der Waals surface area contributed by atoms with Crippen molar-refractivity contribution in [1.29, 1.82) is 0 Å². The molecule has 0 radical (unpaired) electrons. The highest BCUT2D eigenvalue weighted by Gasteiger charge is 2.23. The highest BCUT2D eigenvalue weighted by atomic mass is 16.5. The summed E-state index contributed by atoms with van der Waals surface area (Å²) >= 11 is 0. The van der Waals surface area contributed by atoms with E-state index < -0.39 is 0 Å². The van der Waals surface area contributed by atoms with E-state index >= 15 is 0 Å². The number of rotatable bonds is 2. The number of nitrogens with one attached hydrogen (secondary N) is 1. The highest BCUT2D eigenvalue weighted by Crippen LogP contribution is 2.20. The molecule has 19 heavy (non-hydrogen) atoms. The van der Waals surface area contributed by atoms with Crippen LogP contribution in [0.3, 0.4) is 0 Å². The third-order valence-corrected chi connectivity index (χ3v) is 3.49. The number of aromatic nitrogens is 1. The topological polar surface area (TPSA) is 65.6 Å². The molecule has 1 atom stereocenters. The molecule has 3 rings (SSSR count). The van der Waals surface area contributed by atoms with Crippen molar-refractivity contribution in [2.45, 2.75) is 6.04 Å². The molecule has 2 heterocycles. The number of nitrogens with zero attached hydrogens (tertiary/aromatic N) is 1. The molecular weight excluding hydrogens is 244 g/mol.